The van der Waals surface area contributed by atoms with E-state index in [-0.39, 0.29) is 18.2 Å². The summed E-state index contributed by atoms with van der Waals surface area (Å²) in [4.78, 5) is 43.6. The Hall–Kier alpha value is -3.91. The van der Waals surface area contributed by atoms with Gasteiger partial charge in [0.1, 0.15) is 18.1 Å². The van der Waals surface area contributed by atoms with E-state index in [0.29, 0.717) is 35.8 Å². The molecule has 2 atom stereocenters. The largest absolute Gasteiger partial charge is 0.507 e. The molecule has 3 aliphatic rings. The number of likely N-dealkylation sites (tertiary alicyclic amines) is 1. The normalized spacial score (nSPS) is 24.9. The third-order valence-corrected chi connectivity index (χ3v) is 6.85. The van der Waals surface area contributed by atoms with Crippen LogP contribution in [0.15, 0.2) is 66.8 Å². The first-order valence-electron chi connectivity index (χ1n) is 11.5. The van der Waals surface area contributed by atoms with Crippen molar-refractivity contribution in [1.82, 2.24) is 4.90 Å². The van der Waals surface area contributed by atoms with E-state index >= 15 is 0 Å². The minimum Gasteiger partial charge on any atom is -0.507 e. The van der Waals surface area contributed by atoms with Crippen LogP contribution in [0.4, 0.5) is 5.69 Å². The van der Waals surface area contributed by atoms with Crippen LogP contribution in [-0.2, 0) is 24.7 Å². The Bertz CT molecular complexity index is 1240. The lowest BCUT2D eigenvalue weighted by atomic mass is 9.81. The van der Waals surface area contributed by atoms with Crippen LogP contribution in [0, 0.1) is 0 Å². The van der Waals surface area contributed by atoms with Crippen LogP contribution in [0.5, 0.6) is 5.75 Å². The van der Waals surface area contributed by atoms with Gasteiger partial charge in [-0.15, -0.1) is 0 Å². The first kappa shape index (κ1) is 22.9. The zero-order valence-electron chi connectivity index (χ0n) is 19.4. The molecule has 2 aromatic rings. The Morgan fingerprint density at radius 2 is 1.94 bits per heavy atom. The number of ether oxygens (including phenoxy) is 2. The second-order valence-electron chi connectivity index (χ2n) is 8.82. The number of nitrogens with zero attached hydrogens (tertiary/aromatic N) is 2. The maximum Gasteiger partial charge on any atom is 0.296 e. The number of ketones is 1. The predicted molar refractivity (Wildman–Crippen MR) is 129 cm³/mol. The summed E-state index contributed by atoms with van der Waals surface area (Å²) in [7, 11) is 1.61. The van der Waals surface area contributed by atoms with Crippen LogP contribution in [0.3, 0.4) is 0 Å². The summed E-state index contributed by atoms with van der Waals surface area (Å²) in [6, 6.07) is 13.5. The number of likely N-dealkylation sites (N-methyl/N-ethyl adjacent to an activating group) is 1. The second-order valence-corrected chi connectivity index (χ2v) is 8.82. The van der Waals surface area contributed by atoms with Gasteiger partial charge in [-0.1, -0.05) is 30.9 Å². The molecule has 1 N–H and O–H groups in total. The highest BCUT2D eigenvalue weighted by molar-refractivity contribution is 6.50. The molecule has 8 heteroatoms. The number of para-hydroxylation sites is 1. The molecule has 1 spiro atoms. The molecular weight excluding hydrogens is 448 g/mol. The van der Waals surface area contributed by atoms with E-state index in [4.69, 9.17) is 9.47 Å². The SMILES string of the molecule is C=CCOc1ccc(C(O)=C2C(=O)C(=O)N(C[C@H]3CCCO3)[C@@]23C(=O)N(C)c2ccccc23)cc1. The minimum atomic E-state index is -1.77. The molecule has 2 fully saturated rings. The van der Waals surface area contributed by atoms with E-state index in [1.165, 1.54) is 9.80 Å². The maximum absolute atomic E-state index is 13.9. The van der Waals surface area contributed by atoms with Crippen molar-refractivity contribution < 1.29 is 29.0 Å². The lowest BCUT2D eigenvalue weighted by Crippen LogP contribution is -2.53. The predicted octanol–water partition coefficient (Wildman–Crippen LogP) is 2.98. The zero-order chi connectivity index (χ0) is 24.7. The second kappa shape index (κ2) is 8.70. The molecule has 0 aromatic heterocycles. The number of Topliss-reactive ketones (excluding diaryl/α,β-unsaturated/α-hetero) is 1. The summed E-state index contributed by atoms with van der Waals surface area (Å²) in [6.07, 6.45) is 2.88. The van der Waals surface area contributed by atoms with E-state index < -0.39 is 28.9 Å². The summed E-state index contributed by atoms with van der Waals surface area (Å²) in [5.74, 6) is -2.05. The van der Waals surface area contributed by atoms with Gasteiger partial charge in [-0.3, -0.25) is 14.4 Å². The number of anilines is 1. The van der Waals surface area contributed by atoms with Crippen LogP contribution >= 0.6 is 0 Å². The highest BCUT2D eigenvalue weighted by Crippen LogP contribution is 2.53. The van der Waals surface area contributed by atoms with Gasteiger partial charge in [-0.2, -0.15) is 0 Å². The van der Waals surface area contributed by atoms with Crippen molar-refractivity contribution in [2.24, 2.45) is 0 Å². The molecule has 180 valence electrons. The number of carbonyl (C=O) groups excluding carboxylic acids is 3. The highest BCUT2D eigenvalue weighted by Gasteiger charge is 2.66. The van der Waals surface area contributed by atoms with Gasteiger partial charge in [0.15, 0.2) is 5.54 Å². The van der Waals surface area contributed by atoms with Gasteiger partial charge in [-0.05, 0) is 43.2 Å². The van der Waals surface area contributed by atoms with E-state index in [9.17, 15) is 19.5 Å². The lowest BCUT2D eigenvalue weighted by Gasteiger charge is -2.35. The van der Waals surface area contributed by atoms with Crippen LogP contribution in [0.25, 0.3) is 5.76 Å². The molecule has 0 radical (unpaired) electrons. The molecule has 5 rings (SSSR count). The third kappa shape index (κ3) is 3.36. The Kier molecular flexibility index (Phi) is 5.68. The van der Waals surface area contributed by atoms with Crippen LogP contribution in [0.2, 0.25) is 0 Å². The van der Waals surface area contributed by atoms with Gasteiger partial charge in [0.05, 0.1) is 11.7 Å². The summed E-state index contributed by atoms with van der Waals surface area (Å²) < 4.78 is 11.2. The highest BCUT2D eigenvalue weighted by atomic mass is 16.5. The molecule has 3 heterocycles. The number of hydrogen-bond acceptors (Lipinski definition) is 6. The van der Waals surface area contributed by atoms with Crippen molar-refractivity contribution in [2.45, 2.75) is 24.5 Å². The van der Waals surface area contributed by atoms with E-state index in [1.54, 1.807) is 61.7 Å². The number of amides is 2. The van der Waals surface area contributed by atoms with Gasteiger partial charge in [0.25, 0.3) is 17.6 Å². The Labute approximate surface area is 203 Å². The minimum absolute atomic E-state index is 0.0730. The summed E-state index contributed by atoms with van der Waals surface area (Å²) in [5, 5.41) is 11.4. The molecule has 2 saturated heterocycles. The number of fused-ring (bicyclic) bond motifs is 2. The molecule has 0 unspecified atom stereocenters. The Morgan fingerprint density at radius 3 is 2.63 bits per heavy atom. The first-order chi connectivity index (χ1) is 16.9. The maximum atomic E-state index is 13.9. The lowest BCUT2D eigenvalue weighted by molar-refractivity contribution is -0.145. The summed E-state index contributed by atoms with van der Waals surface area (Å²) in [6.45, 7) is 4.57. The van der Waals surface area contributed by atoms with Crippen molar-refractivity contribution in [2.75, 3.05) is 31.7 Å². The van der Waals surface area contributed by atoms with Crippen LogP contribution < -0.4 is 9.64 Å². The average Bonchev–Trinajstić information content (AvgIpc) is 3.53. The molecule has 2 aromatic carbocycles. The van der Waals surface area contributed by atoms with E-state index in [1.807, 2.05) is 0 Å². The standard InChI is InChI=1S/C27H26N2O6/c1-3-14-34-18-12-10-17(11-13-18)23(30)22-24(31)25(32)29(16-19-7-6-15-35-19)27(22)20-8-4-5-9-21(20)28(2)26(27)33/h3-5,8-13,19,30H,1,6-7,14-16H2,2H3/t19-,27-/m1/s1. The number of hydrogen-bond donors (Lipinski definition) is 1. The van der Waals surface area contributed by atoms with Gasteiger partial charge in [0, 0.05) is 37.0 Å². The van der Waals surface area contributed by atoms with Gasteiger partial charge < -0.3 is 24.4 Å². The third-order valence-electron chi connectivity index (χ3n) is 6.85. The fourth-order valence-corrected chi connectivity index (χ4v) is 5.22. The van der Waals surface area contributed by atoms with Crippen LogP contribution in [0.1, 0.15) is 24.0 Å². The van der Waals surface area contributed by atoms with Crippen molar-refractivity contribution in [3.63, 3.8) is 0 Å². The molecule has 0 aliphatic carbocycles. The zero-order valence-corrected chi connectivity index (χ0v) is 19.4. The summed E-state index contributed by atoms with van der Waals surface area (Å²) >= 11 is 0. The van der Waals surface area contributed by atoms with Crippen LogP contribution in [-0.4, -0.2) is 60.5 Å². The van der Waals surface area contributed by atoms with Crippen molar-refractivity contribution in [3.8, 4) is 5.75 Å². The Morgan fingerprint density at radius 1 is 1.20 bits per heavy atom. The van der Waals surface area contributed by atoms with E-state index in [2.05, 4.69) is 6.58 Å². The average molecular weight is 475 g/mol. The monoisotopic (exact) mass is 474 g/mol. The number of rotatable bonds is 6. The smallest absolute Gasteiger partial charge is 0.296 e. The Balaban J connectivity index is 1.70. The number of carbonyl (C=O) groups is 3. The van der Waals surface area contributed by atoms with Gasteiger partial charge in [-0.25, -0.2) is 0 Å². The van der Waals surface area contributed by atoms with Crippen molar-refractivity contribution in [1.29, 1.82) is 0 Å². The van der Waals surface area contributed by atoms with Crippen molar-refractivity contribution >= 4 is 29.0 Å². The summed E-state index contributed by atoms with van der Waals surface area (Å²) in [5.41, 5.74) is -0.645. The van der Waals surface area contributed by atoms with E-state index in [0.717, 1.165) is 12.8 Å². The van der Waals surface area contributed by atoms with Crippen molar-refractivity contribution in [3.05, 3.63) is 77.9 Å². The molecular formula is C27H26N2O6. The quantitative estimate of drug-likeness (QED) is 0.299. The fraction of sp³-hybridized carbons (Fsp3) is 0.296. The molecule has 0 saturated carbocycles. The molecule has 0 bridgehead atoms. The number of aliphatic hydroxyl groups excluding tert-OH is 1. The molecule has 8 nitrogen and oxygen atoms in total. The topological polar surface area (TPSA) is 96.4 Å². The molecule has 3 aliphatic heterocycles. The number of benzene rings is 2. The van der Waals surface area contributed by atoms with Gasteiger partial charge >= 0.3 is 0 Å². The van der Waals surface area contributed by atoms with Gasteiger partial charge in [0.2, 0.25) is 0 Å². The fourth-order valence-electron chi connectivity index (χ4n) is 5.22. The molecule has 35 heavy (non-hydrogen) atoms. The first-order valence-corrected chi connectivity index (χ1v) is 11.5. The number of aliphatic hydroxyl groups is 1. The molecule has 2 amide bonds.